The summed E-state index contributed by atoms with van der Waals surface area (Å²) in [6, 6.07) is 4.46. The van der Waals surface area contributed by atoms with E-state index in [9.17, 15) is 0 Å². The summed E-state index contributed by atoms with van der Waals surface area (Å²) in [5.41, 5.74) is 0. The maximum atomic E-state index is 5.98. The summed E-state index contributed by atoms with van der Waals surface area (Å²) in [5.74, 6) is 0. The normalized spacial score (nSPS) is 12.9. The number of thiophene rings is 1. The Morgan fingerprint density at radius 1 is 1.60 bits per heavy atom. The third-order valence-corrected chi connectivity index (χ3v) is 3.54. The smallest absolute Gasteiger partial charge is 0.225 e. The lowest BCUT2D eigenvalue weighted by molar-refractivity contribution is 0.540. The van der Waals surface area contributed by atoms with Crippen LogP contribution in [0.15, 0.2) is 23.8 Å². The van der Waals surface area contributed by atoms with E-state index in [1.54, 1.807) is 17.7 Å². The van der Waals surface area contributed by atoms with Gasteiger partial charge in [-0.3, -0.25) is 4.57 Å². The van der Waals surface area contributed by atoms with Crippen LogP contribution in [0.3, 0.4) is 0 Å². The standard InChI is InChI=1S/C10H12ClN3S/c1-2-4-8(9-5-3-6-15-9)14-7-12-13-10(14)11/h3,5-8H,2,4H2,1H3. The van der Waals surface area contributed by atoms with Crippen LogP contribution in [0.5, 0.6) is 0 Å². The molecular formula is C10H12ClN3S. The zero-order chi connectivity index (χ0) is 10.7. The molecule has 0 amide bonds. The van der Waals surface area contributed by atoms with Crippen molar-refractivity contribution in [3.63, 3.8) is 0 Å². The summed E-state index contributed by atoms with van der Waals surface area (Å²) in [5, 5.41) is 10.2. The third-order valence-electron chi connectivity index (χ3n) is 2.30. The molecule has 0 bridgehead atoms. The van der Waals surface area contributed by atoms with E-state index in [-0.39, 0.29) is 6.04 Å². The van der Waals surface area contributed by atoms with Gasteiger partial charge in [-0.15, -0.1) is 21.5 Å². The molecule has 0 aliphatic heterocycles. The number of aromatic nitrogens is 3. The van der Waals surface area contributed by atoms with E-state index in [0.717, 1.165) is 12.8 Å². The Morgan fingerprint density at radius 3 is 3.00 bits per heavy atom. The number of halogens is 1. The topological polar surface area (TPSA) is 30.7 Å². The zero-order valence-electron chi connectivity index (χ0n) is 8.43. The molecule has 3 nitrogen and oxygen atoms in total. The maximum absolute atomic E-state index is 5.98. The Morgan fingerprint density at radius 2 is 2.47 bits per heavy atom. The Balaban J connectivity index is 2.32. The predicted octanol–water partition coefficient (Wildman–Crippen LogP) is 3.38. The van der Waals surface area contributed by atoms with Gasteiger partial charge in [-0.2, -0.15) is 0 Å². The maximum Gasteiger partial charge on any atom is 0.225 e. The number of hydrogen-bond acceptors (Lipinski definition) is 3. The van der Waals surface area contributed by atoms with Gasteiger partial charge in [0.2, 0.25) is 5.28 Å². The van der Waals surface area contributed by atoms with Crippen LogP contribution in [0.2, 0.25) is 5.28 Å². The van der Waals surface area contributed by atoms with Crippen LogP contribution in [0.25, 0.3) is 0 Å². The van der Waals surface area contributed by atoms with E-state index in [1.807, 2.05) is 4.57 Å². The fourth-order valence-electron chi connectivity index (χ4n) is 1.61. The third kappa shape index (κ3) is 2.21. The first-order valence-electron chi connectivity index (χ1n) is 4.91. The molecule has 2 heterocycles. The first-order chi connectivity index (χ1) is 7.33. The Hall–Kier alpha value is -0.870. The van der Waals surface area contributed by atoms with Gasteiger partial charge < -0.3 is 0 Å². The van der Waals surface area contributed by atoms with E-state index in [2.05, 4.69) is 34.6 Å². The molecule has 0 aliphatic rings. The summed E-state index contributed by atoms with van der Waals surface area (Å²) < 4.78 is 1.93. The summed E-state index contributed by atoms with van der Waals surface area (Å²) >= 11 is 7.72. The van der Waals surface area contributed by atoms with Gasteiger partial charge in [0.1, 0.15) is 6.33 Å². The van der Waals surface area contributed by atoms with Crippen LogP contribution < -0.4 is 0 Å². The predicted molar refractivity (Wildman–Crippen MR) is 62.4 cm³/mol. The van der Waals surface area contributed by atoms with E-state index in [0.29, 0.717) is 5.28 Å². The molecule has 1 atom stereocenters. The fourth-order valence-corrected chi connectivity index (χ4v) is 2.68. The summed E-state index contributed by atoms with van der Waals surface area (Å²) in [6.07, 6.45) is 3.86. The van der Waals surface area contributed by atoms with Gasteiger partial charge in [0, 0.05) is 4.88 Å². The Labute approximate surface area is 97.7 Å². The van der Waals surface area contributed by atoms with Crippen LogP contribution in [0.4, 0.5) is 0 Å². The molecule has 5 heteroatoms. The second-order valence-electron chi connectivity index (χ2n) is 3.33. The average Bonchev–Trinajstić information content (AvgIpc) is 2.85. The summed E-state index contributed by atoms with van der Waals surface area (Å²) in [6.45, 7) is 2.17. The van der Waals surface area contributed by atoms with Gasteiger partial charge in [-0.25, -0.2) is 0 Å². The van der Waals surface area contributed by atoms with Gasteiger partial charge in [-0.05, 0) is 29.5 Å². The molecule has 0 saturated carbocycles. The van der Waals surface area contributed by atoms with Crippen LogP contribution in [0.1, 0.15) is 30.7 Å². The molecule has 0 aliphatic carbocycles. The van der Waals surface area contributed by atoms with Crippen LogP contribution in [-0.2, 0) is 0 Å². The molecule has 1 unspecified atom stereocenters. The van der Waals surface area contributed by atoms with Crippen molar-refractivity contribution in [1.82, 2.24) is 14.8 Å². The highest BCUT2D eigenvalue weighted by Gasteiger charge is 2.16. The van der Waals surface area contributed by atoms with E-state index in [1.165, 1.54) is 4.88 Å². The van der Waals surface area contributed by atoms with Gasteiger partial charge in [0.25, 0.3) is 0 Å². The minimum atomic E-state index is 0.275. The second-order valence-corrected chi connectivity index (χ2v) is 4.64. The highest BCUT2D eigenvalue weighted by molar-refractivity contribution is 7.10. The van der Waals surface area contributed by atoms with Crippen molar-refractivity contribution in [1.29, 1.82) is 0 Å². The lowest BCUT2D eigenvalue weighted by atomic mass is 10.1. The molecule has 80 valence electrons. The largest absolute Gasteiger partial charge is 0.296 e. The van der Waals surface area contributed by atoms with Crippen molar-refractivity contribution in [2.45, 2.75) is 25.8 Å². The number of nitrogens with zero attached hydrogens (tertiary/aromatic N) is 3. The summed E-state index contributed by atoms with van der Waals surface area (Å²) in [4.78, 5) is 1.30. The molecule has 0 spiro atoms. The zero-order valence-corrected chi connectivity index (χ0v) is 10.0. The fraction of sp³-hybridized carbons (Fsp3) is 0.400. The first-order valence-corrected chi connectivity index (χ1v) is 6.17. The molecule has 2 rings (SSSR count). The number of hydrogen-bond donors (Lipinski definition) is 0. The van der Waals surface area contributed by atoms with Crippen molar-refractivity contribution in [3.8, 4) is 0 Å². The number of rotatable bonds is 4. The van der Waals surface area contributed by atoms with Crippen molar-refractivity contribution in [2.75, 3.05) is 0 Å². The molecule has 2 aromatic heterocycles. The van der Waals surface area contributed by atoms with Crippen LogP contribution >= 0.6 is 22.9 Å². The minimum absolute atomic E-state index is 0.275. The van der Waals surface area contributed by atoms with Crippen molar-refractivity contribution < 1.29 is 0 Å². The van der Waals surface area contributed by atoms with Crippen LogP contribution in [0, 0.1) is 0 Å². The molecule has 0 fully saturated rings. The molecule has 2 aromatic rings. The molecule has 0 N–H and O–H groups in total. The van der Waals surface area contributed by atoms with E-state index < -0.39 is 0 Å². The molecular weight excluding hydrogens is 230 g/mol. The van der Waals surface area contributed by atoms with Crippen molar-refractivity contribution in [2.24, 2.45) is 0 Å². The van der Waals surface area contributed by atoms with E-state index in [4.69, 9.17) is 11.6 Å². The Bertz CT molecular complexity index is 410. The van der Waals surface area contributed by atoms with Crippen LogP contribution in [-0.4, -0.2) is 14.8 Å². The highest BCUT2D eigenvalue weighted by Crippen LogP contribution is 2.29. The minimum Gasteiger partial charge on any atom is -0.296 e. The SMILES string of the molecule is CCCC(c1cccs1)n1cnnc1Cl. The Kier molecular flexibility index (Phi) is 3.38. The highest BCUT2D eigenvalue weighted by atomic mass is 35.5. The molecule has 0 saturated heterocycles. The summed E-state index contributed by atoms with van der Waals surface area (Å²) in [7, 11) is 0. The average molecular weight is 242 g/mol. The van der Waals surface area contributed by atoms with Crippen molar-refractivity contribution in [3.05, 3.63) is 34.0 Å². The van der Waals surface area contributed by atoms with Gasteiger partial charge in [0.15, 0.2) is 0 Å². The van der Waals surface area contributed by atoms with Gasteiger partial charge >= 0.3 is 0 Å². The molecule has 0 radical (unpaired) electrons. The monoisotopic (exact) mass is 241 g/mol. The van der Waals surface area contributed by atoms with Gasteiger partial charge in [-0.1, -0.05) is 19.4 Å². The second kappa shape index (κ2) is 4.77. The van der Waals surface area contributed by atoms with Crippen molar-refractivity contribution >= 4 is 22.9 Å². The molecule has 0 aromatic carbocycles. The first kappa shape index (κ1) is 10.6. The lowest BCUT2D eigenvalue weighted by Crippen LogP contribution is -2.08. The van der Waals surface area contributed by atoms with E-state index >= 15 is 0 Å². The quantitative estimate of drug-likeness (QED) is 0.822. The lowest BCUT2D eigenvalue weighted by Gasteiger charge is -2.16. The van der Waals surface area contributed by atoms with Gasteiger partial charge in [0.05, 0.1) is 6.04 Å². The molecule has 15 heavy (non-hydrogen) atoms.